The highest BCUT2D eigenvalue weighted by Crippen LogP contribution is 2.25. The van der Waals surface area contributed by atoms with Crippen molar-refractivity contribution in [2.45, 2.75) is 32.4 Å². The van der Waals surface area contributed by atoms with Gasteiger partial charge >= 0.3 is 6.09 Å². The van der Waals surface area contributed by atoms with Crippen molar-refractivity contribution in [1.82, 2.24) is 14.9 Å². The van der Waals surface area contributed by atoms with Crippen molar-refractivity contribution in [3.63, 3.8) is 0 Å². The maximum atomic E-state index is 12.0. The van der Waals surface area contributed by atoms with Gasteiger partial charge in [-0.25, -0.2) is 9.78 Å². The molecule has 0 unspecified atom stereocenters. The fraction of sp³-hybridized carbons (Fsp3) is 0.500. The fourth-order valence-corrected chi connectivity index (χ4v) is 1.71. The molecule has 5 heteroatoms. The van der Waals surface area contributed by atoms with Crippen molar-refractivity contribution in [3.05, 3.63) is 30.4 Å². The SMILES string of the molecule is CC(C)(C)OC(=O)N1CC=C[C@H]1c1ncc[nH]1. The van der Waals surface area contributed by atoms with Gasteiger partial charge in [-0.2, -0.15) is 0 Å². The van der Waals surface area contributed by atoms with Crippen LogP contribution in [0.15, 0.2) is 24.5 Å². The molecule has 92 valence electrons. The Bertz CT molecular complexity index is 417. The number of amides is 1. The highest BCUT2D eigenvalue weighted by atomic mass is 16.6. The number of nitrogens with zero attached hydrogens (tertiary/aromatic N) is 2. The van der Waals surface area contributed by atoms with Gasteiger partial charge in [0, 0.05) is 18.9 Å². The summed E-state index contributed by atoms with van der Waals surface area (Å²) >= 11 is 0. The molecule has 1 aliphatic rings. The van der Waals surface area contributed by atoms with E-state index in [1.54, 1.807) is 17.3 Å². The minimum absolute atomic E-state index is 0.153. The summed E-state index contributed by atoms with van der Waals surface area (Å²) in [4.78, 5) is 20.8. The minimum Gasteiger partial charge on any atom is -0.444 e. The minimum atomic E-state index is -0.479. The van der Waals surface area contributed by atoms with Crippen LogP contribution < -0.4 is 0 Å². The lowest BCUT2D eigenvalue weighted by Gasteiger charge is -2.27. The molecular formula is C12H17N3O2. The van der Waals surface area contributed by atoms with Crippen LogP contribution in [0.2, 0.25) is 0 Å². The Morgan fingerprint density at radius 2 is 2.35 bits per heavy atom. The Labute approximate surface area is 100 Å². The van der Waals surface area contributed by atoms with Gasteiger partial charge in [-0.1, -0.05) is 12.2 Å². The first-order chi connectivity index (χ1) is 7.97. The fourth-order valence-electron chi connectivity index (χ4n) is 1.71. The number of H-pyrrole nitrogens is 1. The molecule has 1 N–H and O–H groups in total. The second-order valence-electron chi connectivity index (χ2n) is 4.98. The lowest BCUT2D eigenvalue weighted by Crippen LogP contribution is -2.37. The Balaban J connectivity index is 2.09. The molecule has 1 aliphatic heterocycles. The van der Waals surface area contributed by atoms with Crippen molar-refractivity contribution < 1.29 is 9.53 Å². The molecule has 0 bridgehead atoms. The smallest absolute Gasteiger partial charge is 0.411 e. The Kier molecular flexibility index (Phi) is 2.92. The topological polar surface area (TPSA) is 58.2 Å². The highest BCUT2D eigenvalue weighted by Gasteiger charge is 2.31. The summed E-state index contributed by atoms with van der Waals surface area (Å²) in [7, 11) is 0. The van der Waals surface area contributed by atoms with Crippen LogP contribution in [-0.2, 0) is 4.74 Å². The van der Waals surface area contributed by atoms with Crippen molar-refractivity contribution in [3.8, 4) is 0 Å². The second kappa shape index (κ2) is 4.24. The van der Waals surface area contributed by atoms with Crippen LogP contribution in [0.3, 0.4) is 0 Å². The van der Waals surface area contributed by atoms with E-state index in [0.29, 0.717) is 6.54 Å². The van der Waals surface area contributed by atoms with Crippen LogP contribution in [0.5, 0.6) is 0 Å². The van der Waals surface area contributed by atoms with Gasteiger partial charge in [0.1, 0.15) is 17.5 Å². The Hall–Kier alpha value is -1.78. The lowest BCUT2D eigenvalue weighted by atomic mass is 10.2. The van der Waals surface area contributed by atoms with Crippen LogP contribution in [0, 0.1) is 0 Å². The largest absolute Gasteiger partial charge is 0.444 e. The van der Waals surface area contributed by atoms with Gasteiger partial charge in [0.2, 0.25) is 0 Å². The molecule has 1 amide bonds. The van der Waals surface area contributed by atoms with Crippen molar-refractivity contribution in [2.75, 3.05) is 6.54 Å². The van der Waals surface area contributed by atoms with Gasteiger partial charge in [0.15, 0.2) is 0 Å². The number of ether oxygens (including phenoxy) is 1. The van der Waals surface area contributed by atoms with Gasteiger partial charge in [-0.15, -0.1) is 0 Å². The molecule has 0 aromatic carbocycles. The molecule has 0 saturated heterocycles. The molecule has 0 aliphatic carbocycles. The van der Waals surface area contributed by atoms with E-state index in [4.69, 9.17) is 4.74 Å². The summed E-state index contributed by atoms with van der Waals surface area (Å²) in [5.41, 5.74) is -0.479. The zero-order valence-corrected chi connectivity index (χ0v) is 10.3. The molecular weight excluding hydrogens is 218 g/mol. The normalized spacial score (nSPS) is 19.7. The first-order valence-corrected chi connectivity index (χ1v) is 5.63. The number of carbonyl (C=O) groups excluding carboxylic acids is 1. The zero-order chi connectivity index (χ0) is 12.5. The highest BCUT2D eigenvalue weighted by molar-refractivity contribution is 5.70. The molecule has 1 aromatic heterocycles. The molecule has 1 atom stereocenters. The van der Waals surface area contributed by atoms with Crippen LogP contribution in [0.1, 0.15) is 32.6 Å². The number of rotatable bonds is 1. The number of aromatic amines is 1. The summed E-state index contributed by atoms with van der Waals surface area (Å²) in [5.74, 6) is 0.754. The molecule has 0 fully saturated rings. The Morgan fingerprint density at radius 3 is 2.94 bits per heavy atom. The third kappa shape index (κ3) is 2.67. The average Bonchev–Trinajstić information content (AvgIpc) is 2.85. The van der Waals surface area contributed by atoms with E-state index in [1.165, 1.54) is 0 Å². The quantitative estimate of drug-likeness (QED) is 0.759. The van der Waals surface area contributed by atoms with E-state index < -0.39 is 5.60 Å². The first-order valence-electron chi connectivity index (χ1n) is 5.63. The summed E-state index contributed by atoms with van der Waals surface area (Å²) in [5, 5.41) is 0. The summed E-state index contributed by atoms with van der Waals surface area (Å²) in [6, 6.07) is -0.153. The van der Waals surface area contributed by atoms with Crippen molar-refractivity contribution in [2.24, 2.45) is 0 Å². The van der Waals surface area contributed by atoms with Crippen molar-refractivity contribution >= 4 is 6.09 Å². The van der Waals surface area contributed by atoms with Crippen LogP contribution in [0.25, 0.3) is 0 Å². The number of aromatic nitrogens is 2. The van der Waals surface area contributed by atoms with Crippen LogP contribution in [-0.4, -0.2) is 33.1 Å². The summed E-state index contributed by atoms with van der Waals surface area (Å²) in [6.45, 7) is 6.13. The number of hydrogen-bond acceptors (Lipinski definition) is 3. The number of imidazole rings is 1. The summed E-state index contributed by atoms with van der Waals surface area (Å²) in [6.07, 6.45) is 6.99. The second-order valence-corrected chi connectivity index (χ2v) is 4.98. The zero-order valence-electron chi connectivity index (χ0n) is 10.3. The van der Waals surface area contributed by atoms with Gasteiger partial charge < -0.3 is 9.72 Å². The average molecular weight is 235 g/mol. The predicted molar refractivity (Wildman–Crippen MR) is 63.4 cm³/mol. The summed E-state index contributed by atoms with van der Waals surface area (Å²) < 4.78 is 5.36. The van der Waals surface area contributed by atoms with Gasteiger partial charge in [-0.05, 0) is 20.8 Å². The molecule has 1 aromatic rings. The first kappa shape index (κ1) is 11.7. The third-order valence-electron chi connectivity index (χ3n) is 2.38. The monoisotopic (exact) mass is 235 g/mol. The third-order valence-corrected chi connectivity index (χ3v) is 2.38. The molecule has 0 spiro atoms. The lowest BCUT2D eigenvalue weighted by molar-refractivity contribution is 0.0235. The van der Waals surface area contributed by atoms with E-state index >= 15 is 0 Å². The predicted octanol–water partition coefficient (Wildman–Crippen LogP) is 2.26. The Morgan fingerprint density at radius 1 is 1.59 bits per heavy atom. The molecule has 2 heterocycles. The molecule has 17 heavy (non-hydrogen) atoms. The van der Waals surface area contributed by atoms with Gasteiger partial charge in [-0.3, -0.25) is 4.90 Å². The van der Waals surface area contributed by atoms with Gasteiger partial charge in [0.25, 0.3) is 0 Å². The van der Waals surface area contributed by atoms with Gasteiger partial charge in [0.05, 0.1) is 0 Å². The maximum absolute atomic E-state index is 12.0. The van der Waals surface area contributed by atoms with Crippen LogP contribution >= 0.6 is 0 Å². The van der Waals surface area contributed by atoms with E-state index in [2.05, 4.69) is 9.97 Å². The number of carbonyl (C=O) groups is 1. The standard InChI is InChI=1S/C12H17N3O2/c1-12(2,3)17-11(16)15-8-4-5-9(15)10-13-6-7-14-10/h4-7,9H,8H2,1-3H3,(H,13,14)/t9-/m0/s1. The van der Waals surface area contributed by atoms with Crippen molar-refractivity contribution in [1.29, 1.82) is 0 Å². The molecule has 2 rings (SSSR count). The molecule has 0 radical (unpaired) electrons. The van der Waals surface area contributed by atoms with Crippen LogP contribution in [0.4, 0.5) is 4.79 Å². The van der Waals surface area contributed by atoms with E-state index in [1.807, 2.05) is 32.9 Å². The number of nitrogens with one attached hydrogen (secondary N) is 1. The number of hydrogen-bond donors (Lipinski definition) is 1. The van der Waals surface area contributed by atoms with E-state index in [-0.39, 0.29) is 12.1 Å². The molecule has 0 saturated carbocycles. The van der Waals surface area contributed by atoms with E-state index in [0.717, 1.165) is 5.82 Å². The molecule has 5 nitrogen and oxygen atoms in total. The van der Waals surface area contributed by atoms with E-state index in [9.17, 15) is 4.79 Å². The maximum Gasteiger partial charge on any atom is 0.411 e.